The Labute approximate surface area is 163 Å². The van der Waals surface area contributed by atoms with Crippen LogP contribution in [0.3, 0.4) is 0 Å². The van der Waals surface area contributed by atoms with Crippen LogP contribution in [0.1, 0.15) is 16.1 Å². The fourth-order valence-electron chi connectivity index (χ4n) is 2.40. The van der Waals surface area contributed by atoms with Crippen LogP contribution in [0.2, 0.25) is 10.0 Å². The Morgan fingerprint density at radius 3 is 2.64 bits per heavy atom. The molecular formula is C18H13BrCl2N2O2. The Hall–Kier alpha value is -1.95. The third-order valence-electron chi connectivity index (χ3n) is 3.57. The van der Waals surface area contributed by atoms with Crippen molar-refractivity contribution in [2.75, 3.05) is 11.1 Å². The summed E-state index contributed by atoms with van der Waals surface area (Å²) in [5, 5.41) is 3.84. The van der Waals surface area contributed by atoms with Crippen molar-refractivity contribution in [3.8, 4) is 11.3 Å². The van der Waals surface area contributed by atoms with E-state index in [0.717, 1.165) is 5.56 Å². The van der Waals surface area contributed by atoms with Crippen LogP contribution in [0.25, 0.3) is 11.3 Å². The molecule has 1 heterocycles. The smallest absolute Gasteiger partial charge is 0.291 e. The van der Waals surface area contributed by atoms with E-state index in [1.165, 1.54) is 0 Å². The molecular weight excluding hydrogens is 427 g/mol. The number of hydrogen-bond acceptors (Lipinski definition) is 3. The summed E-state index contributed by atoms with van der Waals surface area (Å²) in [4.78, 5) is 12.5. The van der Waals surface area contributed by atoms with Gasteiger partial charge in [0.2, 0.25) is 0 Å². The van der Waals surface area contributed by atoms with E-state index >= 15 is 0 Å². The summed E-state index contributed by atoms with van der Waals surface area (Å²) >= 11 is 15.6. The number of nitrogens with two attached hydrogens (primary N) is 1. The number of aryl methyl sites for hydroxylation is 1. The topological polar surface area (TPSA) is 68.3 Å². The normalized spacial score (nSPS) is 10.7. The molecule has 0 saturated heterocycles. The average Bonchev–Trinajstić information content (AvgIpc) is 3.03. The lowest BCUT2D eigenvalue weighted by molar-refractivity contribution is 0.0997. The fraction of sp³-hybridized carbons (Fsp3) is 0.0556. The van der Waals surface area contributed by atoms with Gasteiger partial charge in [-0.15, -0.1) is 0 Å². The van der Waals surface area contributed by atoms with Crippen molar-refractivity contribution in [2.24, 2.45) is 0 Å². The monoisotopic (exact) mass is 438 g/mol. The maximum atomic E-state index is 12.5. The number of nitrogen functional groups attached to an aromatic ring is 1. The number of halogens is 3. The predicted molar refractivity (Wildman–Crippen MR) is 105 cm³/mol. The molecule has 0 saturated carbocycles. The van der Waals surface area contributed by atoms with E-state index in [1.807, 2.05) is 6.92 Å². The molecule has 0 atom stereocenters. The van der Waals surface area contributed by atoms with Crippen LogP contribution in [0.15, 0.2) is 51.4 Å². The first kappa shape index (κ1) is 17.9. The Morgan fingerprint density at radius 2 is 1.92 bits per heavy atom. The largest absolute Gasteiger partial charge is 0.451 e. The zero-order valence-electron chi connectivity index (χ0n) is 13.1. The SMILES string of the molecule is Cc1cc(N)cc(Br)c1NC(=O)c1ccc(-c2cc(Cl)ccc2Cl)o1. The van der Waals surface area contributed by atoms with E-state index in [-0.39, 0.29) is 11.7 Å². The van der Waals surface area contributed by atoms with E-state index in [4.69, 9.17) is 33.4 Å². The molecule has 0 spiro atoms. The van der Waals surface area contributed by atoms with Crippen LogP contribution in [0.5, 0.6) is 0 Å². The standard InChI is InChI=1S/C18H13BrCl2N2O2/c1-9-6-11(22)8-13(19)17(9)23-18(24)16-5-4-15(25-16)12-7-10(20)2-3-14(12)21/h2-8H,22H2,1H3,(H,23,24). The number of carbonyl (C=O) groups excluding carboxylic acids is 1. The van der Waals surface area contributed by atoms with Gasteiger partial charge in [0, 0.05) is 20.7 Å². The predicted octanol–water partition coefficient (Wildman–Crippen LogP) is 6.16. The number of anilines is 2. The van der Waals surface area contributed by atoms with Crippen LogP contribution in [-0.4, -0.2) is 5.91 Å². The van der Waals surface area contributed by atoms with Gasteiger partial charge in [0.05, 0.1) is 10.7 Å². The molecule has 7 heteroatoms. The second-order valence-electron chi connectivity index (χ2n) is 5.44. The lowest BCUT2D eigenvalue weighted by Gasteiger charge is -2.10. The van der Waals surface area contributed by atoms with Crippen molar-refractivity contribution < 1.29 is 9.21 Å². The average molecular weight is 440 g/mol. The number of carbonyl (C=O) groups is 1. The third kappa shape index (κ3) is 3.84. The summed E-state index contributed by atoms with van der Waals surface area (Å²) in [5.41, 5.74) is 8.49. The first-order valence-electron chi connectivity index (χ1n) is 7.27. The second-order valence-corrected chi connectivity index (χ2v) is 7.13. The van der Waals surface area contributed by atoms with Gasteiger partial charge in [-0.3, -0.25) is 4.79 Å². The molecule has 1 aromatic heterocycles. The van der Waals surface area contributed by atoms with Crippen molar-refractivity contribution in [3.05, 3.63) is 68.3 Å². The van der Waals surface area contributed by atoms with E-state index in [2.05, 4.69) is 21.2 Å². The lowest BCUT2D eigenvalue weighted by atomic mass is 10.1. The molecule has 3 rings (SSSR count). The first-order valence-corrected chi connectivity index (χ1v) is 8.82. The third-order valence-corrected chi connectivity index (χ3v) is 4.76. The zero-order chi connectivity index (χ0) is 18.1. The number of furan rings is 1. The Kier molecular flexibility index (Phi) is 5.08. The molecule has 4 nitrogen and oxygen atoms in total. The molecule has 3 N–H and O–H groups in total. The van der Waals surface area contributed by atoms with Gasteiger partial charge in [0.15, 0.2) is 5.76 Å². The molecule has 3 aromatic rings. The van der Waals surface area contributed by atoms with Gasteiger partial charge < -0.3 is 15.5 Å². The van der Waals surface area contributed by atoms with Crippen LogP contribution in [0, 0.1) is 6.92 Å². The molecule has 0 aliphatic heterocycles. The van der Waals surface area contributed by atoms with Gasteiger partial charge in [0.25, 0.3) is 5.91 Å². The Morgan fingerprint density at radius 1 is 1.16 bits per heavy atom. The van der Waals surface area contributed by atoms with Gasteiger partial charge in [-0.05, 0) is 70.9 Å². The number of nitrogens with one attached hydrogen (secondary N) is 1. The van der Waals surface area contributed by atoms with Crippen molar-refractivity contribution in [3.63, 3.8) is 0 Å². The Balaban J connectivity index is 1.88. The molecule has 1 amide bonds. The summed E-state index contributed by atoms with van der Waals surface area (Å²) in [6.45, 7) is 1.86. The van der Waals surface area contributed by atoms with Crippen molar-refractivity contribution in [1.29, 1.82) is 0 Å². The molecule has 0 radical (unpaired) electrons. The van der Waals surface area contributed by atoms with Crippen LogP contribution >= 0.6 is 39.1 Å². The van der Waals surface area contributed by atoms with E-state index in [9.17, 15) is 4.79 Å². The summed E-state index contributed by atoms with van der Waals surface area (Å²) in [6, 6.07) is 11.8. The maximum absolute atomic E-state index is 12.5. The zero-order valence-corrected chi connectivity index (χ0v) is 16.2. The minimum absolute atomic E-state index is 0.161. The molecule has 0 fully saturated rings. The first-order chi connectivity index (χ1) is 11.8. The summed E-state index contributed by atoms with van der Waals surface area (Å²) in [7, 11) is 0. The van der Waals surface area contributed by atoms with Crippen molar-refractivity contribution in [1.82, 2.24) is 0 Å². The highest BCUT2D eigenvalue weighted by atomic mass is 79.9. The van der Waals surface area contributed by atoms with Gasteiger partial charge in [-0.1, -0.05) is 23.2 Å². The highest BCUT2D eigenvalue weighted by Gasteiger charge is 2.16. The van der Waals surface area contributed by atoms with Gasteiger partial charge in [-0.2, -0.15) is 0 Å². The minimum Gasteiger partial charge on any atom is -0.451 e. The molecule has 0 bridgehead atoms. The quantitative estimate of drug-likeness (QED) is 0.480. The van der Waals surface area contributed by atoms with E-state index in [0.29, 0.717) is 37.2 Å². The second kappa shape index (κ2) is 7.12. The Bertz CT molecular complexity index is 946. The summed E-state index contributed by atoms with van der Waals surface area (Å²) < 4.78 is 6.35. The van der Waals surface area contributed by atoms with Crippen molar-refractivity contribution >= 4 is 56.4 Å². The van der Waals surface area contributed by atoms with Gasteiger partial charge >= 0.3 is 0 Å². The molecule has 25 heavy (non-hydrogen) atoms. The van der Waals surface area contributed by atoms with E-state index in [1.54, 1.807) is 42.5 Å². The number of rotatable bonds is 3. The lowest BCUT2D eigenvalue weighted by Crippen LogP contribution is -2.12. The summed E-state index contributed by atoms with van der Waals surface area (Å²) in [5.74, 6) is 0.248. The molecule has 0 aliphatic rings. The van der Waals surface area contributed by atoms with Gasteiger partial charge in [0.1, 0.15) is 5.76 Å². The highest BCUT2D eigenvalue weighted by Crippen LogP contribution is 2.33. The fourth-order valence-corrected chi connectivity index (χ4v) is 3.45. The highest BCUT2D eigenvalue weighted by molar-refractivity contribution is 9.10. The van der Waals surface area contributed by atoms with Crippen LogP contribution in [-0.2, 0) is 0 Å². The minimum atomic E-state index is -0.377. The maximum Gasteiger partial charge on any atom is 0.291 e. The van der Waals surface area contributed by atoms with Crippen LogP contribution in [0.4, 0.5) is 11.4 Å². The molecule has 0 unspecified atom stereocenters. The number of benzene rings is 2. The molecule has 128 valence electrons. The van der Waals surface area contributed by atoms with Crippen molar-refractivity contribution in [2.45, 2.75) is 6.92 Å². The number of hydrogen-bond donors (Lipinski definition) is 2. The number of amides is 1. The molecule has 2 aromatic carbocycles. The van der Waals surface area contributed by atoms with Crippen LogP contribution < -0.4 is 11.1 Å². The van der Waals surface area contributed by atoms with E-state index < -0.39 is 0 Å². The molecule has 0 aliphatic carbocycles. The van der Waals surface area contributed by atoms with Gasteiger partial charge in [-0.25, -0.2) is 0 Å². The summed E-state index contributed by atoms with van der Waals surface area (Å²) in [6.07, 6.45) is 0.